The zero-order valence-corrected chi connectivity index (χ0v) is 18.1. The van der Waals surface area contributed by atoms with E-state index in [2.05, 4.69) is 60.6 Å². The molecule has 130 valence electrons. The number of methoxy groups -OCH3 is 1. The van der Waals surface area contributed by atoms with Crippen LogP contribution in [0.3, 0.4) is 0 Å². The highest BCUT2D eigenvalue weighted by Crippen LogP contribution is 2.51. The van der Waals surface area contributed by atoms with Crippen LogP contribution < -0.4 is 4.74 Å². The van der Waals surface area contributed by atoms with Crippen molar-refractivity contribution in [3.8, 4) is 5.75 Å². The van der Waals surface area contributed by atoms with Gasteiger partial charge in [0.15, 0.2) is 0 Å². The first kappa shape index (κ1) is 20.9. The third-order valence-electron chi connectivity index (χ3n) is 3.29. The number of ether oxygens (including phenoxy) is 1. The van der Waals surface area contributed by atoms with Gasteiger partial charge >= 0.3 is 0 Å². The second kappa shape index (κ2) is 8.77. The zero-order chi connectivity index (χ0) is 17.8. The van der Waals surface area contributed by atoms with Crippen molar-refractivity contribution in [2.24, 2.45) is 5.92 Å². The smallest absolute Gasteiger partial charge is 0.125 e. The molecule has 23 heavy (non-hydrogen) atoms. The Hall–Kier alpha value is -0.190. The summed E-state index contributed by atoms with van der Waals surface area (Å²) in [6.07, 6.45) is 1.00. The standard InChI is InChI=1S/C15H20OS3.C4H10/c1-9-6-10(12-8-13(17)19-18-12)7-11(14(9)16-5)15(2,3)4;1-4(2)3/h6-7,12H,8H2,1-5H3;4H,1-3H3. The van der Waals surface area contributed by atoms with Gasteiger partial charge in [-0.05, 0) is 40.2 Å². The maximum Gasteiger partial charge on any atom is 0.125 e. The normalized spacial score (nSPS) is 18.0. The Bertz CT molecular complexity index is 542. The van der Waals surface area contributed by atoms with E-state index in [9.17, 15) is 0 Å². The fraction of sp³-hybridized carbons (Fsp3) is 0.632. The minimum atomic E-state index is 0.0863. The molecule has 1 aliphatic heterocycles. The summed E-state index contributed by atoms with van der Waals surface area (Å²) in [5.74, 6) is 1.86. The Morgan fingerprint density at radius 3 is 2.17 bits per heavy atom. The predicted molar refractivity (Wildman–Crippen MR) is 112 cm³/mol. The number of hydrogen-bond donors (Lipinski definition) is 0. The minimum Gasteiger partial charge on any atom is -0.496 e. The molecule has 4 heteroatoms. The lowest BCUT2D eigenvalue weighted by Gasteiger charge is -2.25. The fourth-order valence-electron chi connectivity index (χ4n) is 2.32. The Morgan fingerprint density at radius 1 is 1.22 bits per heavy atom. The highest BCUT2D eigenvalue weighted by molar-refractivity contribution is 8.84. The van der Waals surface area contributed by atoms with Crippen molar-refractivity contribution in [2.75, 3.05) is 7.11 Å². The maximum atomic E-state index is 5.60. The van der Waals surface area contributed by atoms with Gasteiger partial charge in [-0.3, -0.25) is 0 Å². The third kappa shape index (κ3) is 6.32. The zero-order valence-electron chi connectivity index (χ0n) is 15.6. The minimum absolute atomic E-state index is 0.0863. The molecule has 1 aromatic carbocycles. The summed E-state index contributed by atoms with van der Waals surface area (Å²) >= 11 is 5.30. The molecular weight excluding hydrogens is 340 g/mol. The van der Waals surface area contributed by atoms with Crippen molar-refractivity contribution in [1.29, 1.82) is 0 Å². The van der Waals surface area contributed by atoms with E-state index in [1.54, 1.807) is 17.9 Å². The third-order valence-corrected chi connectivity index (χ3v) is 6.73. The molecule has 0 radical (unpaired) electrons. The Labute approximate surface area is 155 Å². The van der Waals surface area contributed by atoms with E-state index in [-0.39, 0.29) is 5.41 Å². The van der Waals surface area contributed by atoms with Crippen molar-refractivity contribution in [3.63, 3.8) is 0 Å². The van der Waals surface area contributed by atoms with Crippen LogP contribution in [0.5, 0.6) is 5.75 Å². The quantitative estimate of drug-likeness (QED) is 0.405. The van der Waals surface area contributed by atoms with E-state index in [0.717, 1.165) is 22.3 Å². The molecule has 1 atom stereocenters. The summed E-state index contributed by atoms with van der Waals surface area (Å²) in [4.78, 5) is 0. The summed E-state index contributed by atoms with van der Waals surface area (Å²) < 4.78 is 6.72. The van der Waals surface area contributed by atoms with Gasteiger partial charge in [0.2, 0.25) is 0 Å². The number of hydrogen-bond acceptors (Lipinski definition) is 4. The summed E-state index contributed by atoms with van der Waals surface area (Å²) in [7, 11) is 5.38. The molecule has 1 aromatic rings. The van der Waals surface area contributed by atoms with Crippen LogP contribution in [-0.2, 0) is 5.41 Å². The molecule has 0 N–H and O–H groups in total. The van der Waals surface area contributed by atoms with Gasteiger partial charge in [0.05, 0.1) is 11.3 Å². The van der Waals surface area contributed by atoms with Crippen LogP contribution in [0, 0.1) is 12.8 Å². The van der Waals surface area contributed by atoms with E-state index in [4.69, 9.17) is 17.0 Å². The second-order valence-electron chi connectivity index (χ2n) is 7.64. The maximum absolute atomic E-state index is 5.60. The van der Waals surface area contributed by atoms with E-state index >= 15 is 0 Å². The van der Waals surface area contributed by atoms with Gasteiger partial charge < -0.3 is 4.74 Å². The van der Waals surface area contributed by atoms with Gasteiger partial charge in [-0.25, -0.2) is 0 Å². The molecule has 0 aromatic heterocycles. The van der Waals surface area contributed by atoms with Crippen molar-refractivity contribution >= 4 is 38.0 Å². The molecule has 1 unspecified atom stereocenters. The van der Waals surface area contributed by atoms with Crippen LogP contribution in [0.4, 0.5) is 0 Å². The summed E-state index contributed by atoms with van der Waals surface area (Å²) in [6, 6.07) is 4.55. The van der Waals surface area contributed by atoms with Crippen molar-refractivity contribution in [2.45, 2.75) is 65.6 Å². The highest BCUT2D eigenvalue weighted by atomic mass is 33.1. The lowest BCUT2D eigenvalue weighted by Crippen LogP contribution is -2.14. The molecule has 0 spiro atoms. The fourth-order valence-corrected chi connectivity index (χ4v) is 5.40. The molecule has 1 fully saturated rings. The van der Waals surface area contributed by atoms with Crippen LogP contribution in [-0.4, -0.2) is 11.3 Å². The van der Waals surface area contributed by atoms with Gasteiger partial charge in [-0.1, -0.05) is 76.7 Å². The largest absolute Gasteiger partial charge is 0.496 e. The van der Waals surface area contributed by atoms with Gasteiger partial charge in [0.1, 0.15) is 5.75 Å². The lowest BCUT2D eigenvalue weighted by atomic mass is 9.83. The van der Waals surface area contributed by atoms with Gasteiger partial charge in [-0.15, -0.1) is 0 Å². The van der Waals surface area contributed by atoms with Crippen LogP contribution >= 0.6 is 33.8 Å². The molecule has 1 aliphatic rings. The second-order valence-corrected chi connectivity index (χ2v) is 10.9. The Balaban J connectivity index is 0.000000593. The molecule has 0 amide bonds. The number of aryl methyl sites for hydroxylation is 1. The van der Waals surface area contributed by atoms with Crippen molar-refractivity contribution in [3.05, 3.63) is 28.8 Å². The first-order valence-corrected chi connectivity index (χ1v) is 10.7. The summed E-state index contributed by atoms with van der Waals surface area (Å²) in [5.41, 5.74) is 3.96. The molecule has 0 saturated carbocycles. The molecule has 0 bridgehead atoms. The van der Waals surface area contributed by atoms with Crippen LogP contribution in [0.2, 0.25) is 0 Å². The monoisotopic (exact) mass is 370 g/mol. The average molecular weight is 371 g/mol. The van der Waals surface area contributed by atoms with E-state index in [1.807, 2.05) is 10.8 Å². The van der Waals surface area contributed by atoms with Crippen LogP contribution in [0.1, 0.15) is 69.9 Å². The van der Waals surface area contributed by atoms with E-state index in [1.165, 1.54) is 16.7 Å². The van der Waals surface area contributed by atoms with E-state index in [0.29, 0.717) is 5.25 Å². The topological polar surface area (TPSA) is 9.23 Å². The number of thiocarbonyl (C=S) groups is 1. The number of rotatable bonds is 2. The molecule has 1 saturated heterocycles. The van der Waals surface area contributed by atoms with Crippen molar-refractivity contribution < 1.29 is 4.74 Å². The molecular formula is C19H30OS3. The average Bonchev–Trinajstić information content (AvgIpc) is 2.82. The van der Waals surface area contributed by atoms with Crippen LogP contribution in [0.15, 0.2) is 12.1 Å². The highest BCUT2D eigenvalue weighted by Gasteiger charge is 2.27. The Kier molecular flexibility index (Phi) is 7.96. The molecule has 0 aliphatic carbocycles. The molecule has 2 rings (SSSR count). The van der Waals surface area contributed by atoms with Gasteiger partial charge in [0, 0.05) is 17.2 Å². The lowest BCUT2D eigenvalue weighted by molar-refractivity contribution is 0.394. The summed E-state index contributed by atoms with van der Waals surface area (Å²) in [5, 5.41) is 0.489. The molecule has 1 heterocycles. The first-order valence-electron chi connectivity index (χ1n) is 8.11. The number of benzene rings is 1. The SMILES string of the molecule is CC(C)C.COc1c(C)cc(C2CC(=S)SS2)cc1C(C)(C)C. The van der Waals surface area contributed by atoms with Crippen molar-refractivity contribution in [1.82, 2.24) is 0 Å². The van der Waals surface area contributed by atoms with Gasteiger partial charge in [-0.2, -0.15) is 0 Å². The Morgan fingerprint density at radius 2 is 1.78 bits per heavy atom. The predicted octanol–water partition coefficient (Wildman–Crippen LogP) is 7.12. The first-order chi connectivity index (χ1) is 10.6. The summed E-state index contributed by atoms with van der Waals surface area (Å²) in [6.45, 7) is 15.3. The molecule has 1 nitrogen and oxygen atoms in total. The van der Waals surface area contributed by atoms with Gasteiger partial charge in [0.25, 0.3) is 0 Å². The van der Waals surface area contributed by atoms with E-state index < -0.39 is 0 Å². The van der Waals surface area contributed by atoms with Crippen LogP contribution in [0.25, 0.3) is 0 Å².